The average Bonchev–Trinajstić information content (AvgIpc) is 2.91. The van der Waals surface area contributed by atoms with Gasteiger partial charge in [0.2, 0.25) is 0 Å². The number of fused-ring (bicyclic) bond motifs is 2. The lowest BCUT2D eigenvalue weighted by molar-refractivity contribution is 0.157. The van der Waals surface area contributed by atoms with Crippen molar-refractivity contribution in [2.24, 2.45) is 17.8 Å². The van der Waals surface area contributed by atoms with E-state index in [4.69, 9.17) is 0 Å². The fourth-order valence-electron chi connectivity index (χ4n) is 5.50. The number of hydrogen-bond acceptors (Lipinski definition) is 4. The van der Waals surface area contributed by atoms with Crippen molar-refractivity contribution >= 4 is 11.6 Å². The summed E-state index contributed by atoms with van der Waals surface area (Å²) < 4.78 is 1.96. The Kier molecular flexibility index (Phi) is 3.10. The zero-order valence-electron chi connectivity index (χ0n) is 13.9. The summed E-state index contributed by atoms with van der Waals surface area (Å²) in [5, 5.41) is 4.47. The fraction of sp³-hybridized carbons (Fsp3) is 0.722. The first-order valence-corrected chi connectivity index (χ1v) is 9.26. The molecule has 5 heteroatoms. The van der Waals surface area contributed by atoms with Gasteiger partial charge in [0.05, 0.1) is 0 Å². The summed E-state index contributed by atoms with van der Waals surface area (Å²) in [7, 11) is 0. The smallest absolute Gasteiger partial charge is 0.254 e. The van der Waals surface area contributed by atoms with E-state index in [1.165, 1.54) is 44.5 Å². The van der Waals surface area contributed by atoms with E-state index in [0.29, 0.717) is 6.04 Å². The van der Waals surface area contributed by atoms with Gasteiger partial charge in [-0.05, 0) is 56.3 Å². The standard InChI is InChI=1S/C18H25N5/c1-2-3-15-9-17(23-18(21-15)19-11-20-23)22-10-14-5-12-4-13(6-14)8-16(22)7-12/h9,11-14,16H,2-8,10H2,1H3. The Morgan fingerprint density at radius 3 is 2.65 bits per heavy atom. The monoisotopic (exact) mass is 311 g/mol. The highest BCUT2D eigenvalue weighted by atomic mass is 15.4. The third-order valence-electron chi connectivity index (χ3n) is 6.19. The van der Waals surface area contributed by atoms with Crippen LogP contribution in [0.2, 0.25) is 0 Å². The summed E-state index contributed by atoms with van der Waals surface area (Å²) in [6, 6.07) is 2.97. The molecule has 0 aromatic carbocycles. The predicted molar refractivity (Wildman–Crippen MR) is 89.5 cm³/mol. The zero-order chi connectivity index (χ0) is 15.4. The van der Waals surface area contributed by atoms with Crippen LogP contribution in [0, 0.1) is 17.8 Å². The van der Waals surface area contributed by atoms with Crippen LogP contribution in [0.3, 0.4) is 0 Å². The highest BCUT2D eigenvalue weighted by molar-refractivity contribution is 5.49. The van der Waals surface area contributed by atoms with E-state index in [0.717, 1.165) is 42.1 Å². The SMILES string of the molecule is CCCc1cc(N2CC3CC4CC(C3)CC2C4)n2ncnc2n1. The number of anilines is 1. The van der Waals surface area contributed by atoms with Gasteiger partial charge in [-0.2, -0.15) is 14.6 Å². The molecule has 2 aromatic rings. The predicted octanol–water partition coefficient (Wildman–Crippen LogP) is 3.09. The van der Waals surface area contributed by atoms with E-state index in [-0.39, 0.29) is 0 Å². The van der Waals surface area contributed by atoms with Gasteiger partial charge in [0.15, 0.2) is 0 Å². The van der Waals surface area contributed by atoms with Crippen LogP contribution in [-0.2, 0) is 6.42 Å². The molecule has 23 heavy (non-hydrogen) atoms. The summed E-state index contributed by atoms with van der Waals surface area (Å²) in [6.07, 6.45) is 10.9. The molecular formula is C18H25N5. The van der Waals surface area contributed by atoms with Crippen LogP contribution >= 0.6 is 0 Å². The van der Waals surface area contributed by atoms with Gasteiger partial charge in [-0.25, -0.2) is 4.98 Å². The van der Waals surface area contributed by atoms with E-state index in [2.05, 4.69) is 33.0 Å². The van der Waals surface area contributed by atoms with Crippen molar-refractivity contribution in [3.05, 3.63) is 18.1 Å². The van der Waals surface area contributed by atoms with Gasteiger partial charge < -0.3 is 4.90 Å². The summed E-state index contributed by atoms with van der Waals surface area (Å²) in [5.41, 5.74) is 1.16. The topological polar surface area (TPSA) is 46.3 Å². The Bertz CT molecular complexity index is 709. The van der Waals surface area contributed by atoms with Crippen LogP contribution in [0.4, 0.5) is 5.82 Å². The van der Waals surface area contributed by atoms with Crippen LogP contribution in [0.5, 0.6) is 0 Å². The summed E-state index contributed by atoms with van der Waals surface area (Å²) in [4.78, 5) is 11.7. The van der Waals surface area contributed by atoms with Gasteiger partial charge in [-0.1, -0.05) is 13.3 Å². The number of aromatic nitrogens is 4. The molecule has 122 valence electrons. The van der Waals surface area contributed by atoms with E-state index in [1.54, 1.807) is 6.33 Å². The van der Waals surface area contributed by atoms with Crippen molar-refractivity contribution in [1.29, 1.82) is 0 Å². The molecule has 6 rings (SSSR count). The molecule has 0 amide bonds. The lowest BCUT2D eigenvalue weighted by Gasteiger charge is -2.39. The molecule has 5 nitrogen and oxygen atoms in total. The molecule has 2 atom stereocenters. The van der Waals surface area contributed by atoms with Gasteiger partial charge >= 0.3 is 0 Å². The van der Waals surface area contributed by atoms with Crippen LogP contribution in [-0.4, -0.2) is 32.2 Å². The first-order chi connectivity index (χ1) is 11.3. The molecule has 2 aliphatic carbocycles. The van der Waals surface area contributed by atoms with E-state index < -0.39 is 0 Å². The normalized spacial score (nSPS) is 32.7. The number of aryl methyl sites for hydroxylation is 1. The molecule has 2 aromatic heterocycles. The maximum absolute atomic E-state index is 4.68. The van der Waals surface area contributed by atoms with Gasteiger partial charge in [-0.3, -0.25) is 0 Å². The highest BCUT2D eigenvalue weighted by Crippen LogP contribution is 2.48. The van der Waals surface area contributed by atoms with E-state index >= 15 is 0 Å². The molecule has 0 spiro atoms. The molecule has 4 fully saturated rings. The Morgan fingerprint density at radius 2 is 1.87 bits per heavy atom. The van der Waals surface area contributed by atoms with Crippen LogP contribution in [0.15, 0.2) is 12.4 Å². The van der Waals surface area contributed by atoms with Crippen molar-refractivity contribution in [1.82, 2.24) is 19.6 Å². The number of rotatable bonds is 3. The molecule has 2 saturated carbocycles. The minimum atomic E-state index is 0.690. The molecule has 4 bridgehead atoms. The molecule has 4 aliphatic rings. The van der Waals surface area contributed by atoms with E-state index in [1.807, 2.05) is 4.52 Å². The molecule has 2 unspecified atom stereocenters. The number of hydrogen-bond donors (Lipinski definition) is 0. The third kappa shape index (κ3) is 2.24. The molecule has 4 heterocycles. The van der Waals surface area contributed by atoms with Crippen molar-refractivity contribution in [2.75, 3.05) is 11.4 Å². The molecule has 0 radical (unpaired) electrons. The maximum Gasteiger partial charge on any atom is 0.254 e. The van der Waals surface area contributed by atoms with Crippen molar-refractivity contribution in [3.63, 3.8) is 0 Å². The third-order valence-corrected chi connectivity index (χ3v) is 6.19. The lowest BCUT2D eigenvalue weighted by Crippen LogP contribution is -2.39. The van der Waals surface area contributed by atoms with Crippen molar-refractivity contribution in [3.8, 4) is 0 Å². The first kappa shape index (κ1) is 13.8. The van der Waals surface area contributed by atoms with Gasteiger partial charge in [0.25, 0.3) is 5.78 Å². The second kappa shape index (κ2) is 5.18. The molecular weight excluding hydrogens is 286 g/mol. The van der Waals surface area contributed by atoms with Gasteiger partial charge in [0, 0.05) is 24.3 Å². The van der Waals surface area contributed by atoms with E-state index in [9.17, 15) is 0 Å². The highest BCUT2D eigenvalue weighted by Gasteiger charge is 2.43. The lowest BCUT2D eigenvalue weighted by atomic mass is 9.68. The molecule has 2 saturated heterocycles. The maximum atomic E-state index is 4.68. The van der Waals surface area contributed by atoms with Gasteiger partial charge in [0.1, 0.15) is 12.1 Å². The molecule has 0 N–H and O–H groups in total. The quantitative estimate of drug-likeness (QED) is 0.874. The Labute approximate surface area is 137 Å². The van der Waals surface area contributed by atoms with Gasteiger partial charge in [-0.15, -0.1) is 0 Å². The summed E-state index contributed by atoms with van der Waals surface area (Å²) in [5.74, 6) is 4.79. The second-order valence-electron chi connectivity index (χ2n) is 7.91. The first-order valence-electron chi connectivity index (χ1n) is 9.26. The average molecular weight is 311 g/mol. The Hall–Kier alpha value is -1.65. The van der Waals surface area contributed by atoms with Crippen molar-refractivity contribution in [2.45, 2.75) is 57.9 Å². The summed E-state index contributed by atoms with van der Waals surface area (Å²) in [6.45, 7) is 3.41. The summed E-state index contributed by atoms with van der Waals surface area (Å²) >= 11 is 0. The van der Waals surface area contributed by atoms with Crippen LogP contribution in [0.25, 0.3) is 5.78 Å². The molecule has 2 aliphatic heterocycles. The second-order valence-corrected chi connectivity index (χ2v) is 7.91. The minimum Gasteiger partial charge on any atom is -0.353 e. The zero-order valence-corrected chi connectivity index (χ0v) is 13.9. The van der Waals surface area contributed by atoms with Crippen LogP contribution in [0.1, 0.15) is 51.1 Å². The number of nitrogens with zero attached hydrogens (tertiary/aromatic N) is 5. The minimum absolute atomic E-state index is 0.690. The fourth-order valence-corrected chi connectivity index (χ4v) is 5.50. The Morgan fingerprint density at radius 1 is 1.09 bits per heavy atom. The van der Waals surface area contributed by atoms with Crippen molar-refractivity contribution < 1.29 is 0 Å². The Balaban J connectivity index is 1.60. The largest absolute Gasteiger partial charge is 0.353 e. The van der Waals surface area contributed by atoms with Crippen LogP contribution < -0.4 is 4.90 Å².